The fourth-order valence-electron chi connectivity index (χ4n) is 0.841. The van der Waals surface area contributed by atoms with Gasteiger partial charge in [0.1, 0.15) is 0 Å². The summed E-state index contributed by atoms with van der Waals surface area (Å²) in [5, 5.41) is 0. The third-order valence-electron chi connectivity index (χ3n) is 1.60. The van der Waals surface area contributed by atoms with Crippen LogP contribution >= 0.6 is 23.4 Å². The fourth-order valence-corrected chi connectivity index (χ4v) is 1.92. The van der Waals surface area contributed by atoms with Crippen LogP contribution in [0.1, 0.15) is 6.42 Å². The second-order valence-corrected chi connectivity index (χ2v) is 4.48. The zero-order valence-corrected chi connectivity index (χ0v) is 10.9. The molecule has 0 aromatic carbocycles. The lowest BCUT2D eigenvalue weighted by Gasteiger charge is -2.05. The first-order chi connectivity index (χ1) is 7.41. The second kappa shape index (κ2) is 14.5. The van der Waals surface area contributed by atoms with Gasteiger partial charge in [-0.05, 0) is 12.2 Å². The van der Waals surface area contributed by atoms with Crippen LogP contribution < -0.4 is 0 Å². The maximum Gasteiger partial charge on any atom is 0.0701 e. The molecule has 0 unspecified atom stereocenters. The number of ether oxygens (including phenoxy) is 3. The number of thioether (sulfide) groups is 1. The number of alkyl halides is 1. The molecule has 0 bridgehead atoms. The highest BCUT2D eigenvalue weighted by Gasteiger charge is 1.91. The smallest absolute Gasteiger partial charge is 0.0701 e. The largest absolute Gasteiger partial charge is 0.382 e. The summed E-state index contributed by atoms with van der Waals surface area (Å²) in [7, 11) is 1.66. The summed E-state index contributed by atoms with van der Waals surface area (Å²) in [5.41, 5.74) is 0. The standard InChI is InChI=1S/C10H21ClO3S/c1-12-4-5-13-6-7-14-8-10-15-9-2-3-11/h2-10H2,1H3. The van der Waals surface area contributed by atoms with Crippen LogP contribution in [0.3, 0.4) is 0 Å². The summed E-state index contributed by atoms with van der Waals surface area (Å²) in [6.07, 6.45) is 1.08. The van der Waals surface area contributed by atoms with E-state index in [9.17, 15) is 0 Å². The molecule has 0 saturated carbocycles. The Balaban J connectivity index is 2.81. The van der Waals surface area contributed by atoms with Crippen LogP contribution in [0.2, 0.25) is 0 Å². The number of halogens is 1. The minimum Gasteiger partial charge on any atom is -0.382 e. The van der Waals surface area contributed by atoms with E-state index in [2.05, 4.69) is 0 Å². The van der Waals surface area contributed by atoms with Crippen molar-refractivity contribution in [1.82, 2.24) is 0 Å². The molecule has 5 heteroatoms. The van der Waals surface area contributed by atoms with Gasteiger partial charge in [-0.25, -0.2) is 0 Å². The Morgan fingerprint density at radius 2 is 1.60 bits per heavy atom. The van der Waals surface area contributed by atoms with Crippen LogP contribution in [0.4, 0.5) is 0 Å². The van der Waals surface area contributed by atoms with Crippen molar-refractivity contribution in [2.45, 2.75) is 6.42 Å². The van der Waals surface area contributed by atoms with Crippen molar-refractivity contribution in [1.29, 1.82) is 0 Å². The highest BCUT2D eigenvalue weighted by molar-refractivity contribution is 7.99. The van der Waals surface area contributed by atoms with E-state index in [4.69, 9.17) is 25.8 Å². The molecule has 0 saturated heterocycles. The predicted octanol–water partition coefficient (Wildman–Crippen LogP) is 2.03. The molecule has 0 aliphatic carbocycles. The molecule has 0 atom stereocenters. The molecule has 0 aliphatic heterocycles. The topological polar surface area (TPSA) is 27.7 Å². The normalized spacial score (nSPS) is 10.8. The van der Waals surface area contributed by atoms with Gasteiger partial charge in [-0.2, -0.15) is 11.8 Å². The van der Waals surface area contributed by atoms with Crippen molar-refractivity contribution in [3.05, 3.63) is 0 Å². The quantitative estimate of drug-likeness (QED) is 0.395. The molecular weight excluding hydrogens is 236 g/mol. The molecule has 92 valence electrons. The Kier molecular flexibility index (Phi) is 15.0. The summed E-state index contributed by atoms with van der Waals surface area (Å²) in [6.45, 7) is 3.40. The van der Waals surface area contributed by atoms with Gasteiger partial charge in [0.05, 0.1) is 33.0 Å². The van der Waals surface area contributed by atoms with Crippen molar-refractivity contribution in [3.63, 3.8) is 0 Å². The molecule has 0 N–H and O–H groups in total. The molecule has 0 amide bonds. The number of methoxy groups -OCH3 is 1. The molecule has 0 aromatic heterocycles. The number of hydrogen-bond donors (Lipinski definition) is 0. The van der Waals surface area contributed by atoms with Crippen LogP contribution in [0.15, 0.2) is 0 Å². The van der Waals surface area contributed by atoms with Crippen molar-refractivity contribution in [2.75, 3.05) is 57.5 Å². The van der Waals surface area contributed by atoms with Crippen molar-refractivity contribution in [2.24, 2.45) is 0 Å². The van der Waals surface area contributed by atoms with Gasteiger partial charge in [-0.1, -0.05) is 0 Å². The summed E-state index contributed by atoms with van der Waals surface area (Å²) >= 11 is 7.43. The van der Waals surface area contributed by atoms with Crippen LogP contribution in [-0.4, -0.2) is 57.5 Å². The van der Waals surface area contributed by atoms with Gasteiger partial charge in [0.25, 0.3) is 0 Å². The molecular formula is C10H21ClO3S. The van der Waals surface area contributed by atoms with E-state index < -0.39 is 0 Å². The molecule has 3 nitrogen and oxygen atoms in total. The summed E-state index contributed by atoms with van der Waals surface area (Å²) in [5.74, 6) is 2.91. The average molecular weight is 257 g/mol. The number of hydrogen-bond acceptors (Lipinski definition) is 4. The van der Waals surface area contributed by atoms with E-state index in [1.165, 1.54) is 0 Å². The van der Waals surface area contributed by atoms with Gasteiger partial charge in [-0.3, -0.25) is 0 Å². The Morgan fingerprint density at radius 1 is 0.933 bits per heavy atom. The van der Waals surface area contributed by atoms with E-state index in [0.717, 1.165) is 30.4 Å². The predicted molar refractivity (Wildman–Crippen MR) is 66.2 cm³/mol. The van der Waals surface area contributed by atoms with Gasteiger partial charge in [0, 0.05) is 18.7 Å². The minimum absolute atomic E-state index is 0.643. The van der Waals surface area contributed by atoms with Crippen LogP contribution in [0.25, 0.3) is 0 Å². The first-order valence-electron chi connectivity index (χ1n) is 5.20. The highest BCUT2D eigenvalue weighted by atomic mass is 35.5. The Bertz CT molecular complexity index is 105. The van der Waals surface area contributed by atoms with Crippen LogP contribution in [0, 0.1) is 0 Å². The lowest BCUT2D eigenvalue weighted by Crippen LogP contribution is -2.09. The molecule has 0 aromatic rings. The van der Waals surface area contributed by atoms with Crippen molar-refractivity contribution in [3.8, 4) is 0 Å². The van der Waals surface area contributed by atoms with Crippen molar-refractivity contribution >= 4 is 23.4 Å². The van der Waals surface area contributed by atoms with E-state index in [0.29, 0.717) is 26.4 Å². The first-order valence-corrected chi connectivity index (χ1v) is 6.89. The maximum atomic E-state index is 5.55. The van der Waals surface area contributed by atoms with E-state index >= 15 is 0 Å². The maximum absolute atomic E-state index is 5.55. The van der Waals surface area contributed by atoms with Crippen LogP contribution in [0.5, 0.6) is 0 Å². The Hall–Kier alpha value is 0.520. The first kappa shape index (κ1) is 15.5. The lowest BCUT2D eigenvalue weighted by molar-refractivity contribution is 0.0286. The van der Waals surface area contributed by atoms with Crippen molar-refractivity contribution < 1.29 is 14.2 Å². The van der Waals surface area contributed by atoms with E-state index in [-0.39, 0.29) is 0 Å². The molecule has 0 radical (unpaired) electrons. The Labute approximate surface area is 102 Å². The molecule has 0 heterocycles. The Morgan fingerprint density at radius 3 is 2.27 bits per heavy atom. The number of rotatable bonds is 12. The van der Waals surface area contributed by atoms with Crippen LogP contribution in [-0.2, 0) is 14.2 Å². The zero-order chi connectivity index (χ0) is 11.2. The monoisotopic (exact) mass is 256 g/mol. The fraction of sp³-hybridized carbons (Fsp3) is 1.00. The highest BCUT2D eigenvalue weighted by Crippen LogP contribution is 2.02. The molecule has 0 rings (SSSR count). The molecule has 15 heavy (non-hydrogen) atoms. The van der Waals surface area contributed by atoms with Gasteiger partial charge >= 0.3 is 0 Å². The van der Waals surface area contributed by atoms with Gasteiger partial charge < -0.3 is 14.2 Å². The summed E-state index contributed by atoms with van der Waals surface area (Å²) < 4.78 is 15.5. The van der Waals surface area contributed by atoms with Gasteiger partial charge in [0.15, 0.2) is 0 Å². The lowest BCUT2D eigenvalue weighted by atomic mass is 10.6. The molecule has 0 spiro atoms. The SMILES string of the molecule is COCCOCCOCCSCCCCl. The molecule has 0 fully saturated rings. The third-order valence-corrected chi connectivity index (χ3v) is 2.90. The summed E-state index contributed by atoms with van der Waals surface area (Å²) in [4.78, 5) is 0. The van der Waals surface area contributed by atoms with Gasteiger partial charge in [-0.15, -0.1) is 11.6 Å². The average Bonchev–Trinajstić information content (AvgIpc) is 2.26. The zero-order valence-electron chi connectivity index (χ0n) is 9.37. The summed E-state index contributed by atoms with van der Waals surface area (Å²) in [6, 6.07) is 0. The molecule has 0 aliphatic rings. The van der Waals surface area contributed by atoms with E-state index in [1.807, 2.05) is 11.8 Å². The third kappa shape index (κ3) is 14.5. The minimum atomic E-state index is 0.643. The van der Waals surface area contributed by atoms with Gasteiger partial charge in [0.2, 0.25) is 0 Å². The second-order valence-electron chi connectivity index (χ2n) is 2.87. The van der Waals surface area contributed by atoms with E-state index in [1.54, 1.807) is 7.11 Å².